The summed E-state index contributed by atoms with van der Waals surface area (Å²) >= 11 is 1.22. The van der Waals surface area contributed by atoms with E-state index in [4.69, 9.17) is 0 Å². The van der Waals surface area contributed by atoms with Crippen LogP contribution < -0.4 is 5.32 Å². The van der Waals surface area contributed by atoms with Crippen LogP contribution in [0.2, 0.25) is 0 Å². The smallest absolute Gasteiger partial charge is 0.236 e. The predicted octanol–water partition coefficient (Wildman–Crippen LogP) is 1.83. The number of benzene rings is 1. The van der Waals surface area contributed by atoms with Gasteiger partial charge >= 0.3 is 0 Å². The predicted molar refractivity (Wildman–Crippen MR) is 66.7 cm³/mol. The molecular weight excluding hydrogens is 260 g/mol. The molecule has 94 valence electrons. The van der Waals surface area contributed by atoms with Gasteiger partial charge in [-0.3, -0.25) is 4.79 Å². The molecule has 0 aromatic heterocycles. The quantitative estimate of drug-likeness (QED) is 0.657. The molecule has 1 amide bonds. The third-order valence-corrected chi connectivity index (χ3v) is 3.15. The van der Waals surface area contributed by atoms with Crippen LogP contribution in [0.3, 0.4) is 0 Å². The fourth-order valence-electron chi connectivity index (χ4n) is 1.30. The lowest BCUT2D eigenvalue weighted by atomic mass is 10.1. The zero-order valence-electron chi connectivity index (χ0n) is 9.41. The lowest BCUT2D eigenvalue weighted by molar-refractivity contribution is -0.116. The molecule has 1 aromatic carbocycles. The van der Waals surface area contributed by atoms with Crippen molar-refractivity contribution in [2.75, 3.05) is 5.75 Å². The minimum absolute atomic E-state index is 0.0600. The van der Waals surface area contributed by atoms with E-state index in [0.29, 0.717) is 10.9 Å². The Morgan fingerprint density at radius 1 is 1.44 bits per heavy atom. The highest BCUT2D eigenvalue weighted by atomic mass is 32.2. The molecule has 0 bridgehead atoms. The highest BCUT2D eigenvalue weighted by Gasteiger charge is 2.16. The molecule has 4 nitrogen and oxygen atoms in total. The van der Waals surface area contributed by atoms with Gasteiger partial charge in [-0.05, 0) is 19.1 Å². The first-order valence-electron chi connectivity index (χ1n) is 5.06. The second-order valence-electron chi connectivity index (χ2n) is 3.56. The molecule has 0 radical (unpaired) electrons. The lowest BCUT2D eigenvalue weighted by Gasteiger charge is -2.00. The molecule has 0 atom stereocenters. The van der Waals surface area contributed by atoms with Gasteiger partial charge in [0, 0.05) is 11.1 Å². The van der Waals surface area contributed by atoms with Crippen molar-refractivity contribution in [3.05, 3.63) is 34.9 Å². The van der Waals surface area contributed by atoms with Gasteiger partial charge in [-0.15, -0.1) is 5.10 Å². The zero-order chi connectivity index (χ0) is 13.1. The van der Waals surface area contributed by atoms with Crippen LogP contribution >= 0.6 is 11.8 Å². The van der Waals surface area contributed by atoms with Crippen LogP contribution in [-0.2, 0) is 4.79 Å². The number of carbonyl (C=O) groups excluding carboxylic acids is 1. The normalized spacial score (nSPS) is 17.7. The summed E-state index contributed by atoms with van der Waals surface area (Å²) in [5.41, 5.74) is 0.0859. The van der Waals surface area contributed by atoms with Gasteiger partial charge in [0.25, 0.3) is 0 Å². The molecule has 18 heavy (non-hydrogen) atoms. The number of amides is 1. The van der Waals surface area contributed by atoms with E-state index in [1.54, 1.807) is 0 Å². The number of carbonyl (C=O) groups is 1. The fraction of sp³-hybridized carbons (Fsp3) is 0.182. The summed E-state index contributed by atoms with van der Waals surface area (Å²) < 4.78 is 26.6. The third kappa shape index (κ3) is 2.73. The standard InChI is InChI=1S/C11H9F2N3OS/c1-6-8(12)3-2-7(10(6)13)4-14-16-11-15-9(17)5-18-11/h2-4H,5H2,1H3,(H,15,16,17). The van der Waals surface area contributed by atoms with E-state index >= 15 is 0 Å². The summed E-state index contributed by atoms with van der Waals surface area (Å²) in [7, 11) is 0. The number of thioether (sulfide) groups is 1. The molecule has 1 aromatic rings. The van der Waals surface area contributed by atoms with Crippen LogP contribution in [0, 0.1) is 18.6 Å². The van der Waals surface area contributed by atoms with Gasteiger partial charge in [-0.1, -0.05) is 11.8 Å². The molecule has 2 rings (SSSR count). The van der Waals surface area contributed by atoms with Crippen LogP contribution in [0.1, 0.15) is 11.1 Å². The maximum absolute atomic E-state index is 13.6. The first-order valence-corrected chi connectivity index (χ1v) is 6.05. The van der Waals surface area contributed by atoms with Crippen LogP contribution in [0.25, 0.3) is 0 Å². The molecule has 0 aliphatic carbocycles. The maximum atomic E-state index is 13.6. The molecule has 1 saturated heterocycles. The van der Waals surface area contributed by atoms with Crippen molar-refractivity contribution in [2.45, 2.75) is 6.92 Å². The Bertz CT molecular complexity index is 557. The molecule has 0 saturated carbocycles. The summed E-state index contributed by atoms with van der Waals surface area (Å²) in [6, 6.07) is 2.45. The Morgan fingerprint density at radius 3 is 2.89 bits per heavy atom. The molecule has 7 heteroatoms. The van der Waals surface area contributed by atoms with Crippen molar-refractivity contribution < 1.29 is 13.6 Å². The van der Waals surface area contributed by atoms with Crippen molar-refractivity contribution in [3.8, 4) is 0 Å². The van der Waals surface area contributed by atoms with E-state index in [1.807, 2.05) is 0 Å². The Labute approximate surface area is 106 Å². The van der Waals surface area contributed by atoms with Crippen molar-refractivity contribution in [1.82, 2.24) is 5.32 Å². The minimum Gasteiger partial charge on any atom is -0.303 e. The van der Waals surface area contributed by atoms with Gasteiger partial charge in [-0.25, -0.2) is 8.78 Å². The van der Waals surface area contributed by atoms with E-state index in [0.717, 1.165) is 0 Å². The number of nitrogens with one attached hydrogen (secondary N) is 1. The van der Waals surface area contributed by atoms with Crippen LogP contribution in [0.4, 0.5) is 8.78 Å². The van der Waals surface area contributed by atoms with Crippen LogP contribution in [0.5, 0.6) is 0 Å². The zero-order valence-corrected chi connectivity index (χ0v) is 10.2. The Hall–Kier alpha value is -1.76. The monoisotopic (exact) mass is 269 g/mol. The summed E-state index contributed by atoms with van der Waals surface area (Å²) in [5, 5.41) is 10.2. The number of hydrogen-bond acceptors (Lipinski definition) is 4. The molecule has 1 aliphatic rings. The first-order chi connectivity index (χ1) is 8.58. The number of halogens is 2. The van der Waals surface area contributed by atoms with E-state index < -0.39 is 11.6 Å². The number of rotatable bonds is 2. The van der Waals surface area contributed by atoms with Gasteiger partial charge in [0.05, 0.1) is 12.0 Å². The average molecular weight is 269 g/mol. The van der Waals surface area contributed by atoms with Crippen molar-refractivity contribution in [3.63, 3.8) is 0 Å². The Balaban J connectivity index is 2.15. The molecular formula is C11H9F2N3OS. The maximum Gasteiger partial charge on any atom is 0.236 e. The van der Waals surface area contributed by atoms with Crippen molar-refractivity contribution in [2.24, 2.45) is 10.2 Å². The minimum atomic E-state index is -0.665. The number of amidine groups is 1. The lowest BCUT2D eigenvalue weighted by Crippen LogP contribution is -2.19. The van der Waals surface area contributed by atoms with Crippen LogP contribution in [0.15, 0.2) is 22.3 Å². The summed E-state index contributed by atoms with van der Waals surface area (Å²) in [6.45, 7) is 1.35. The number of hydrogen-bond donors (Lipinski definition) is 1. The van der Waals surface area contributed by atoms with Gasteiger partial charge in [0.2, 0.25) is 5.91 Å². The highest BCUT2D eigenvalue weighted by molar-refractivity contribution is 8.15. The van der Waals surface area contributed by atoms with Crippen molar-refractivity contribution >= 4 is 29.1 Å². The largest absolute Gasteiger partial charge is 0.303 e. The average Bonchev–Trinajstić information content (AvgIpc) is 2.75. The second-order valence-corrected chi connectivity index (χ2v) is 4.53. The van der Waals surface area contributed by atoms with Gasteiger partial charge < -0.3 is 5.32 Å². The molecule has 0 unspecified atom stereocenters. The van der Waals surface area contributed by atoms with Crippen molar-refractivity contribution in [1.29, 1.82) is 0 Å². The number of nitrogens with zero attached hydrogens (tertiary/aromatic N) is 2. The third-order valence-electron chi connectivity index (χ3n) is 2.28. The summed E-state index contributed by atoms with van der Waals surface area (Å²) in [5.74, 6) is -1.10. The molecule has 1 fully saturated rings. The fourth-order valence-corrected chi connectivity index (χ4v) is 1.94. The van der Waals surface area contributed by atoms with Crippen LogP contribution in [-0.4, -0.2) is 23.0 Å². The van der Waals surface area contributed by atoms with Gasteiger partial charge in [-0.2, -0.15) is 5.10 Å². The SMILES string of the molecule is Cc1c(F)ccc(C=NN=C2NC(=O)CS2)c1F. The second kappa shape index (κ2) is 5.26. The van der Waals surface area contributed by atoms with Gasteiger partial charge in [0.15, 0.2) is 5.17 Å². The Morgan fingerprint density at radius 2 is 2.22 bits per heavy atom. The first kappa shape index (κ1) is 12.7. The molecule has 1 heterocycles. The molecule has 0 spiro atoms. The molecule has 1 aliphatic heterocycles. The summed E-state index contributed by atoms with van der Waals surface area (Å²) in [4.78, 5) is 10.9. The van der Waals surface area contributed by atoms with E-state index in [9.17, 15) is 13.6 Å². The topological polar surface area (TPSA) is 53.8 Å². The van der Waals surface area contributed by atoms with E-state index in [2.05, 4.69) is 15.5 Å². The van der Waals surface area contributed by atoms with Gasteiger partial charge in [0.1, 0.15) is 11.6 Å². The molecule has 1 N–H and O–H groups in total. The highest BCUT2D eigenvalue weighted by Crippen LogP contribution is 2.14. The van der Waals surface area contributed by atoms with E-state index in [-0.39, 0.29) is 17.0 Å². The Kier molecular flexibility index (Phi) is 3.71. The summed E-state index contributed by atoms with van der Waals surface area (Å²) in [6.07, 6.45) is 1.18. The van der Waals surface area contributed by atoms with E-state index in [1.165, 1.54) is 37.0 Å².